The molecule has 1 amide bonds. The molecule has 0 spiro atoms. The van der Waals surface area contributed by atoms with Crippen LogP contribution in [0.25, 0.3) is 0 Å². The topological polar surface area (TPSA) is 75.7 Å². The molecule has 0 fully saturated rings. The van der Waals surface area contributed by atoms with Crippen molar-refractivity contribution in [3.63, 3.8) is 0 Å². The second-order valence-electron chi connectivity index (χ2n) is 9.09. The van der Waals surface area contributed by atoms with E-state index in [-0.39, 0.29) is 29.5 Å². The highest BCUT2D eigenvalue weighted by atomic mass is 35.5. The minimum Gasteiger partial charge on any atom is -0.449 e. The molecule has 0 aromatic heterocycles. The summed E-state index contributed by atoms with van der Waals surface area (Å²) < 4.78 is 77.3. The largest absolute Gasteiger partial charge is 0.449 e. The lowest BCUT2D eigenvalue weighted by atomic mass is 9.98. The maximum atomic E-state index is 15.0. The number of carbonyl (C=O) groups excluding carboxylic acids is 1. The Morgan fingerprint density at radius 1 is 0.927 bits per heavy atom. The van der Waals surface area contributed by atoms with E-state index in [1.165, 1.54) is 43.3 Å². The van der Waals surface area contributed by atoms with Crippen molar-refractivity contribution in [3.8, 4) is 0 Å². The van der Waals surface area contributed by atoms with Crippen LogP contribution in [0.1, 0.15) is 29.7 Å². The quantitative estimate of drug-likeness (QED) is 0.209. The van der Waals surface area contributed by atoms with E-state index in [1.54, 1.807) is 0 Å². The van der Waals surface area contributed by atoms with Crippen molar-refractivity contribution in [3.05, 3.63) is 130 Å². The Balaban J connectivity index is 1.62. The molecule has 4 aromatic rings. The highest BCUT2D eigenvalue weighted by Crippen LogP contribution is 2.37. The molecule has 0 aliphatic heterocycles. The van der Waals surface area contributed by atoms with Gasteiger partial charge in [-0.25, -0.2) is 26.4 Å². The smallest absolute Gasteiger partial charge is 0.407 e. The first-order valence-electron chi connectivity index (χ1n) is 12.5. The molecule has 4 rings (SSSR count). The number of halogens is 4. The minimum absolute atomic E-state index is 0.0245. The van der Waals surface area contributed by atoms with Gasteiger partial charge < -0.3 is 10.1 Å². The van der Waals surface area contributed by atoms with E-state index in [9.17, 15) is 22.0 Å². The molecule has 214 valence electrons. The van der Waals surface area contributed by atoms with Crippen LogP contribution in [0.2, 0.25) is 5.02 Å². The van der Waals surface area contributed by atoms with E-state index in [4.69, 9.17) is 16.3 Å². The molecule has 0 aliphatic rings. The van der Waals surface area contributed by atoms with Crippen molar-refractivity contribution < 1.29 is 31.1 Å². The molecular formula is C30H26ClF3N2O4S. The summed E-state index contributed by atoms with van der Waals surface area (Å²) in [6.45, 7) is 1.57. The first kappa shape index (κ1) is 30.0. The Kier molecular flexibility index (Phi) is 9.57. The molecule has 1 atom stereocenters. The molecule has 0 radical (unpaired) electrons. The zero-order valence-electron chi connectivity index (χ0n) is 21.9. The summed E-state index contributed by atoms with van der Waals surface area (Å²) in [5.41, 5.74) is 0.971. The SMILES string of the molecule is C[C@H](c1ccc(F)cc1CCOC(=O)NCc1ccccc1)N(c1cc(F)ccc1F)S(=O)(=O)c1ccc(Cl)cc1. The van der Waals surface area contributed by atoms with Crippen LogP contribution in [-0.2, 0) is 27.7 Å². The minimum atomic E-state index is -4.47. The molecule has 11 heteroatoms. The van der Waals surface area contributed by atoms with Gasteiger partial charge in [0.1, 0.15) is 17.5 Å². The first-order valence-corrected chi connectivity index (χ1v) is 14.4. The standard InChI is InChI=1S/C30H26ClF3N2O4S/c1-20(36(29-18-25(33)10-14-28(29)34)41(38,39)26-11-7-23(31)8-12-26)27-13-9-24(32)17-22(27)15-16-40-30(37)35-19-21-5-3-2-4-6-21/h2-14,17-18,20H,15-16,19H2,1H3,(H,35,37)/t20-/m1/s1. The number of sulfonamides is 1. The summed E-state index contributed by atoms with van der Waals surface area (Å²) in [5, 5.41) is 2.90. The zero-order valence-corrected chi connectivity index (χ0v) is 23.4. The molecule has 41 heavy (non-hydrogen) atoms. The predicted octanol–water partition coefficient (Wildman–Crippen LogP) is 7.18. The van der Waals surface area contributed by atoms with E-state index in [0.29, 0.717) is 11.1 Å². The highest BCUT2D eigenvalue weighted by molar-refractivity contribution is 7.92. The Morgan fingerprint density at radius 2 is 1.59 bits per heavy atom. The number of ether oxygens (including phenoxy) is 1. The molecule has 0 aliphatic carbocycles. The maximum absolute atomic E-state index is 15.0. The Bertz CT molecular complexity index is 1620. The molecule has 4 aromatic carbocycles. The lowest BCUT2D eigenvalue weighted by Crippen LogP contribution is -2.35. The molecule has 0 heterocycles. The van der Waals surface area contributed by atoms with Crippen molar-refractivity contribution in [1.82, 2.24) is 5.32 Å². The fourth-order valence-electron chi connectivity index (χ4n) is 4.32. The third kappa shape index (κ3) is 7.39. The van der Waals surface area contributed by atoms with Gasteiger partial charge in [0.15, 0.2) is 0 Å². The van der Waals surface area contributed by atoms with Crippen molar-refractivity contribution in [2.75, 3.05) is 10.9 Å². The predicted molar refractivity (Wildman–Crippen MR) is 151 cm³/mol. The summed E-state index contributed by atoms with van der Waals surface area (Å²) in [6, 6.07) is 19.5. The number of amides is 1. The summed E-state index contributed by atoms with van der Waals surface area (Å²) in [6.07, 6.45) is -0.662. The fourth-order valence-corrected chi connectivity index (χ4v) is 6.08. The second kappa shape index (κ2) is 13.1. The van der Waals surface area contributed by atoms with Gasteiger partial charge in [-0.3, -0.25) is 4.31 Å². The summed E-state index contributed by atoms with van der Waals surface area (Å²) >= 11 is 5.93. The number of benzene rings is 4. The van der Waals surface area contributed by atoms with Crippen LogP contribution >= 0.6 is 11.6 Å². The van der Waals surface area contributed by atoms with Gasteiger partial charge in [-0.2, -0.15) is 0 Å². The summed E-state index contributed by atoms with van der Waals surface area (Å²) in [7, 11) is -4.47. The van der Waals surface area contributed by atoms with Gasteiger partial charge in [-0.15, -0.1) is 0 Å². The van der Waals surface area contributed by atoms with Crippen LogP contribution in [-0.4, -0.2) is 21.1 Å². The fraction of sp³-hybridized carbons (Fsp3) is 0.167. The monoisotopic (exact) mass is 602 g/mol. The van der Waals surface area contributed by atoms with Crippen molar-refractivity contribution in [2.45, 2.75) is 30.8 Å². The highest BCUT2D eigenvalue weighted by Gasteiger charge is 2.33. The molecule has 0 unspecified atom stereocenters. The van der Waals surface area contributed by atoms with Gasteiger partial charge in [0.2, 0.25) is 0 Å². The summed E-state index contributed by atoms with van der Waals surface area (Å²) in [5.74, 6) is -2.43. The number of nitrogens with one attached hydrogen (secondary N) is 1. The second-order valence-corrected chi connectivity index (χ2v) is 11.3. The van der Waals surface area contributed by atoms with Gasteiger partial charge in [-0.05, 0) is 72.1 Å². The lowest BCUT2D eigenvalue weighted by Gasteiger charge is -2.32. The molecule has 0 bridgehead atoms. The first-order chi connectivity index (χ1) is 19.6. The third-order valence-corrected chi connectivity index (χ3v) is 8.46. The van der Waals surface area contributed by atoms with E-state index < -0.39 is 45.3 Å². The average Bonchev–Trinajstić information content (AvgIpc) is 2.94. The van der Waals surface area contributed by atoms with Crippen molar-refractivity contribution in [2.24, 2.45) is 0 Å². The molecular weight excluding hydrogens is 577 g/mol. The number of alkyl carbamates (subject to hydrolysis) is 1. The molecule has 0 saturated carbocycles. The average molecular weight is 603 g/mol. The van der Waals surface area contributed by atoms with Gasteiger partial charge in [0.05, 0.1) is 23.2 Å². The van der Waals surface area contributed by atoms with Gasteiger partial charge in [0.25, 0.3) is 10.0 Å². The van der Waals surface area contributed by atoms with Gasteiger partial charge in [0, 0.05) is 24.1 Å². The number of rotatable bonds is 10. The lowest BCUT2D eigenvalue weighted by molar-refractivity contribution is 0.147. The van der Waals surface area contributed by atoms with Crippen LogP contribution in [0.15, 0.2) is 95.9 Å². The Labute approximate surface area is 241 Å². The van der Waals surface area contributed by atoms with Crippen LogP contribution in [0.4, 0.5) is 23.7 Å². The Hall–Kier alpha value is -4.02. The number of hydrogen-bond donors (Lipinski definition) is 1. The van der Waals surface area contributed by atoms with Crippen molar-refractivity contribution in [1.29, 1.82) is 0 Å². The molecule has 6 nitrogen and oxygen atoms in total. The maximum Gasteiger partial charge on any atom is 0.407 e. The van der Waals surface area contributed by atoms with Gasteiger partial charge >= 0.3 is 6.09 Å². The van der Waals surface area contributed by atoms with Crippen LogP contribution in [0, 0.1) is 17.5 Å². The van der Waals surface area contributed by atoms with E-state index in [2.05, 4.69) is 5.32 Å². The Morgan fingerprint density at radius 3 is 2.29 bits per heavy atom. The summed E-state index contributed by atoms with van der Waals surface area (Å²) in [4.78, 5) is 12.0. The van der Waals surface area contributed by atoms with Gasteiger partial charge in [-0.1, -0.05) is 48.0 Å². The zero-order chi connectivity index (χ0) is 29.6. The van der Waals surface area contributed by atoms with Crippen LogP contribution < -0.4 is 9.62 Å². The van der Waals surface area contributed by atoms with Crippen LogP contribution in [0.5, 0.6) is 0 Å². The number of carbonyl (C=O) groups is 1. The van der Waals surface area contributed by atoms with E-state index >= 15 is 4.39 Å². The van der Waals surface area contributed by atoms with Crippen molar-refractivity contribution >= 4 is 33.4 Å². The third-order valence-electron chi connectivity index (χ3n) is 6.31. The van der Waals surface area contributed by atoms with E-state index in [0.717, 1.165) is 34.1 Å². The molecule has 0 saturated heterocycles. The number of anilines is 1. The number of hydrogen-bond acceptors (Lipinski definition) is 4. The number of nitrogens with zero attached hydrogens (tertiary/aromatic N) is 1. The van der Waals surface area contributed by atoms with Crippen LogP contribution in [0.3, 0.4) is 0 Å². The van der Waals surface area contributed by atoms with E-state index in [1.807, 2.05) is 30.3 Å². The molecule has 1 N–H and O–H groups in total. The normalized spacial score (nSPS) is 12.0.